The van der Waals surface area contributed by atoms with Crippen LogP contribution < -0.4 is 5.73 Å². The lowest BCUT2D eigenvalue weighted by atomic mass is 9.95. The summed E-state index contributed by atoms with van der Waals surface area (Å²) in [5.74, 6) is 0.380. The topological polar surface area (TPSA) is 38.5 Å². The van der Waals surface area contributed by atoms with Gasteiger partial charge in [-0.05, 0) is 17.7 Å². The second-order valence-corrected chi connectivity index (χ2v) is 5.01. The summed E-state index contributed by atoms with van der Waals surface area (Å²) in [5, 5.41) is 0.782. The number of methoxy groups -OCH3 is 1. The van der Waals surface area contributed by atoms with Crippen LogP contribution in [0.1, 0.15) is 11.5 Å². The molecule has 1 unspecified atom stereocenters. The fourth-order valence-electron chi connectivity index (χ4n) is 2.41. The quantitative estimate of drug-likeness (QED) is 0.889. The lowest BCUT2D eigenvalue weighted by Gasteiger charge is -2.15. The van der Waals surface area contributed by atoms with Crippen LogP contribution in [-0.4, -0.2) is 44.3 Å². The molecule has 0 radical (unpaired) electrons. The van der Waals surface area contributed by atoms with Gasteiger partial charge in [-0.1, -0.05) is 23.7 Å². The normalized spacial score (nSPS) is 25.4. The van der Waals surface area contributed by atoms with Crippen LogP contribution in [0.25, 0.3) is 0 Å². The summed E-state index contributed by atoms with van der Waals surface area (Å²) in [6.45, 7) is 3.63. The molecule has 0 amide bonds. The third-order valence-corrected chi connectivity index (χ3v) is 3.56. The predicted octanol–water partition coefficient (Wildman–Crippen LogP) is 1.71. The Morgan fingerprint density at radius 2 is 2.29 bits per heavy atom. The van der Waals surface area contributed by atoms with Crippen molar-refractivity contribution in [2.45, 2.75) is 12.0 Å². The van der Waals surface area contributed by atoms with Crippen molar-refractivity contribution < 1.29 is 4.74 Å². The minimum absolute atomic E-state index is 0.185. The Balaban J connectivity index is 2.02. The Morgan fingerprint density at radius 3 is 3.00 bits per heavy atom. The largest absolute Gasteiger partial charge is 0.383 e. The van der Waals surface area contributed by atoms with E-state index in [-0.39, 0.29) is 6.04 Å². The number of ether oxygens (including phenoxy) is 1. The molecule has 1 heterocycles. The van der Waals surface area contributed by atoms with E-state index in [1.165, 1.54) is 5.56 Å². The molecule has 1 saturated heterocycles. The van der Waals surface area contributed by atoms with Crippen LogP contribution in [0, 0.1) is 0 Å². The summed E-state index contributed by atoms with van der Waals surface area (Å²) < 4.78 is 5.10. The zero-order valence-electron chi connectivity index (χ0n) is 10.1. The van der Waals surface area contributed by atoms with Gasteiger partial charge in [0.25, 0.3) is 0 Å². The maximum Gasteiger partial charge on any atom is 0.0589 e. The summed E-state index contributed by atoms with van der Waals surface area (Å²) in [7, 11) is 1.73. The highest BCUT2D eigenvalue weighted by atomic mass is 35.5. The van der Waals surface area contributed by atoms with E-state index in [9.17, 15) is 0 Å². The monoisotopic (exact) mass is 254 g/mol. The molecule has 3 nitrogen and oxygen atoms in total. The van der Waals surface area contributed by atoms with Crippen molar-refractivity contribution in [2.24, 2.45) is 5.73 Å². The number of benzene rings is 1. The third-order valence-electron chi connectivity index (χ3n) is 3.33. The van der Waals surface area contributed by atoms with Crippen molar-refractivity contribution in [3.05, 3.63) is 34.9 Å². The van der Waals surface area contributed by atoms with Crippen LogP contribution in [0.4, 0.5) is 0 Å². The van der Waals surface area contributed by atoms with Gasteiger partial charge >= 0.3 is 0 Å². The first-order valence-corrected chi connectivity index (χ1v) is 6.31. The van der Waals surface area contributed by atoms with E-state index in [0.717, 1.165) is 31.3 Å². The minimum atomic E-state index is 0.185. The van der Waals surface area contributed by atoms with Crippen LogP contribution in [0.2, 0.25) is 5.02 Å². The maximum absolute atomic E-state index is 6.20. The summed E-state index contributed by atoms with van der Waals surface area (Å²) in [4.78, 5) is 2.35. The highest BCUT2D eigenvalue weighted by molar-refractivity contribution is 6.30. The maximum atomic E-state index is 6.20. The highest BCUT2D eigenvalue weighted by Gasteiger charge is 2.30. The fraction of sp³-hybridized carbons (Fsp3) is 0.538. The first kappa shape index (κ1) is 12.8. The van der Waals surface area contributed by atoms with E-state index in [0.29, 0.717) is 5.92 Å². The Morgan fingerprint density at radius 1 is 1.47 bits per heavy atom. The highest BCUT2D eigenvalue weighted by Crippen LogP contribution is 2.27. The fourth-order valence-corrected chi connectivity index (χ4v) is 2.61. The van der Waals surface area contributed by atoms with Crippen molar-refractivity contribution >= 4 is 11.6 Å². The average Bonchev–Trinajstić information content (AvgIpc) is 2.68. The molecule has 1 fully saturated rings. The number of rotatable bonds is 4. The number of nitrogens with two attached hydrogens (primary N) is 1. The summed E-state index contributed by atoms with van der Waals surface area (Å²) >= 11 is 6.02. The van der Waals surface area contributed by atoms with E-state index >= 15 is 0 Å². The minimum Gasteiger partial charge on any atom is -0.383 e. The molecule has 2 rings (SSSR count). The molecule has 4 heteroatoms. The number of hydrogen-bond donors (Lipinski definition) is 1. The third kappa shape index (κ3) is 3.19. The molecule has 0 saturated carbocycles. The molecule has 1 aromatic carbocycles. The van der Waals surface area contributed by atoms with E-state index in [2.05, 4.69) is 11.0 Å². The molecule has 1 aliphatic heterocycles. The second kappa shape index (κ2) is 5.83. The molecular weight excluding hydrogens is 236 g/mol. The first-order valence-electron chi connectivity index (χ1n) is 5.93. The Hall–Kier alpha value is -0.610. The van der Waals surface area contributed by atoms with Gasteiger partial charge in [0.1, 0.15) is 0 Å². The first-order chi connectivity index (χ1) is 8.20. The Kier molecular flexibility index (Phi) is 4.40. The summed E-state index contributed by atoms with van der Waals surface area (Å²) in [6, 6.07) is 8.20. The van der Waals surface area contributed by atoms with Gasteiger partial charge in [0, 0.05) is 43.7 Å². The molecule has 2 atom stereocenters. The average molecular weight is 255 g/mol. The summed E-state index contributed by atoms with van der Waals surface area (Å²) in [6.07, 6.45) is 0. The van der Waals surface area contributed by atoms with Crippen molar-refractivity contribution in [1.82, 2.24) is 4.90 Å². The van der Waals surface area contributed by atoms with Crippen molar-refractivity contribution in [3.63, 3.8) is 0 Å². The molecule has 17 heavy (non-hydrogen) atoms. The lowest BCUT2D eigenvalue weighted by Crippen LogP contribution is -2.30. The van der Waals surface area contributed by atoms with E-state index in [4.69, 9.17) is 22.1 Å². The van der Waals surface area contributed by atoms with Crippen LogP contribution in [0.15, 0.2) is 24.3 Å². The molecule has 0 spiro atoms. The smallest absolute Gasteiger partial charge is 0.0589 e. The van der Waals surface area contributed by atoms with Gasteiger partial charge in [0.05, 0.1) is 6.61 Å². The van der Waals surface area contributed by atoms with Crippen LogP contribution in [0.3, 0.4) is 0 Å². The number of likely N-dealkylation sites (tertiary alicyclic amines) is 1. The number of halogens is 1. The zero-order chi connectivity index (χ0) is 12.3. The molecule has 0 aromatic heterocycles. The molecule has 2 N–H and O–H groups in total. The molecule has 94 valence electrons. The summed E-state index contributed by atoms with van der Waals surface area (Å²) in [5.41, 5.74) is 7.44. The SMILES string of the molecule is COCCN1CC(c2cccc(Cl)c2)[C@H](N)C1. The van der Waals surface area contributed by atoms with Gasteiger partial charge in [0.15, 0.2) is 0 Å². The Labute approximate surface area is 107 Å². The molecule has 0 bridgehead atoms. The van der Waals surface area contributed by atoms with Crippen LogP contribution >= 0.6 is 11.6 Å². The van der Waals surface area contributed by atoms with Crippen LogP contribution in [0.5, 0.6) is 0 Å². The van der Waals surface area contributed by atoms with Crippen molar-refractivity contribution in [2.75, 3.05) is 33.4 Å². The van der Waals surface area contributed by atoms with Crippen LogP contribution in [-0.2, 0) is 4.74 Å². The molecule has 1 aliphatic rings. The van der Waals surface area contributed by atoms with Gasteiger partial charge in [-0.3, -0.25) is 4.90 Å². The molecule has 1 aromatic rings. The zero-order valence-corrected chi connectivity index (χ0v) is 10.9. The van der Waals surface area contributed by atoms with E-state index < -0.39 is 0 Å². The van der Waals surface area contributed by atoms with Gasteiger partial charge in [0.2, 0.25) is 0 Å². The van der Waals surface area contributed by atoms with E-state index in [1.807, 2.05) is 18.2 Å². The molecular formula is C13H19ClN2O. The predicted molar refractivity (Wildman–Crippen MR) is 70.5 cm³/mol. The van der Waals surface area contributed by atoms with Crippen molar-refractivity contribution in [3.8, 4) is 0 Å². The van der Waals surface area contributed by atoms with E-state index in [1.54, 1.807) is 7.11 Å². The van der Waals surface area contributed by atoms with Gasteiger partial charge in [-0.15, -0.1) is 0 Å². The van der Waals surface area contributed by atoms with Gasteiger partial charge in [-0.2, -0.15) is 0 Å². The standard InChI is InChI=1S/C13H19ClN2O/c1-17-6-5-16-8-12(13(15)9-16)10-3-2-4-11(14)7-10/h2-4,7,12-13H,5-6,8-9,15H2,1H3/t12?,13-/m1/s1. The number of nitrogens with zero attached hydrogens (tertiary/aromatic N) is 1. The van der Waals surface area contributed by atoms with Gasteiger partial charge in [-0.25, -0.2) is 0 Å². The second-order valence-electron chi connectivity index (χ2n) is 4.58. The van der Waals surface area contributed by atoms with Gasteiger partial charge < -0.3 is 10.5 Å². The van der Waals surface area contributed by atoms with Crippen molar-refractivity contribution in [1.29, 1.82) is 0 Å². The number of hydrogen-bond acceptors (Lipinski definition) is 3. The lowest BCUT2D eigenvalue weighted by molar-refractivity contribution is 0.160. The Bertz CT molecular complexity index is 372. The molecule has 0 aliphatic carbocycles.